The van der Waals surface area contributed by atoms with E-state index in [1.165, 1.54) is 7.11 Å². The van der Waals surface area contributed by atoms with E-state index < -0.39 is 12.0 Å². The van der Waals surface area contributed by atoms with E-state index in [0.29, 0.717) is 22.7 Å². The normalized spacial score (nSPS) is 11.6. The molecule has 1 unspecified atom stereocenters. The summed E-state index contributed by atoms with van der Waals surface area (Å²) >= 11 is 5.99. The van der Waals surface area contributed by atoms with Crippen LogP contribution >= 0.6 is 11.6 Å². The minimum absolute atomic E-state index is 0.265. The maximum atomic E-state index is 10.7. The van der Waals surface area contributed by atoms with Gasteiger partial charge in [-0.1, -0.05) is 17.7 Å². The zero-order valence-electron chi connectivity index (χ0n) is 9.14. The lowest BCUT2D eigenvalue weighted by molar-refractivity contribution is -0.137. The molecule has 92 valence electrons. The number of rotatable bonds is 6. The van der Waals surface area contributed by atoms with Crippen molar-refractivity contribution in [3.05, 3.63) is 28.8 Å². The molecular formula is C11H12ClNO4. The number of hydrogen-bond acceptors (Lipinski definition) is 3. The number of amides is 1. The van der Waals surface area contributed by atoms with E-state index in [9.17, 15) is 9.59 Å². The third kappa shape index (κ3) is 3.35. The number of methoxy groups -OCH3 is 1. The van der Waals surface area contributed by atoms with Gasteiger partial charge in [0.15, 0.2) is 0 Å². The van der Waals surface area contributed by atoms with Crippen molar-refractivity contribution in [2.24, 2.45) is 0 Å². The summed E-state index contributed by atoms with van der Waals surface area (Å²) in [5.41, 5.74) is 0.464. The number of carbonyl (C=O) groups is 2. The summed E-state index contributed by atoms with van der Waals surface area (Å²) in [4.78, 5) is 21.2. The molecule has 17 heavy (non-hydrogen) atoms. The molecule has 0 aliphatic carbocycles. The first-order valence-corrected chi connectivity index (χ1v) is 5.21. The van der Waals surface area contributed by atoms with Crippen LogP contribution in [0, 0.1) is 0 Å². The third-order valence-electron chi connectivity index (χ3n) is 2.23. The molecule has 0 aliphatic heterocycles. The number of aliphatic carboxylic acids is 1. The maximum absolute atomic E-state index is 10.7. The summed E-state index contributed by atoms with van der Waals surface area (Å²) in [6, 6.07) is 4.24. The van der Waals surface area contributed by atoms with Crippen LogP contribution in [0.4, 0.5) is 0 Å². The van der Waals surface area contributed by atoms with Crippen LogP contribution < -0.4 is 10.1 Å². The summed E-state index contributed by atoms with van der Waals surface area (Å²) in [7, 11) is 1.45. The smallest absolute Gasteiger partial charge is 0.305 e. The average molecular weight is 258 g/mol. The molecule has 0 saturated carbocycles. The van der Waals surface area contributed by atoms with Gasteiger partial charge in [-0.3, -0.25) is 9.59 Å². The molecule has 0 fully saturated rings. The van der Waals surface area contributed by atoms with E-state index >= 15 is 0 Å². The predicted octanol–water partition coefficient (Wildman–Crippen LogP) is 1.61. The molecule has 0 aromatic heterocycles. The predicted molar refractivity (Wildman–Crippen MR) is 62.2 cm³/mol. The summed E-state index contributed by atoms with van der Waals surface area (Å²) in [5, 5.41) is 11.6. The maximum Gasteiger partial charge on any atom is 0.305 e. The largest absolute Gasteiger partial charge is 0.496 e. The molecule has 0 bridgehead atoms. The fraction of sp³-hybridized carbons (Fsp3) is 0.273. The van der Waals surface area contributed by atoms with Crippen LogP contribution in [0.1, 0.15) is 18.0 Å². The fourth-order valence-corrected chi connectivity index (χ4v) is 1.83. The molecule has 6 heteroatoms. The Labute approximate surface area is 103 Å². The van der Waals surface area contributed by atoms with E-state index in [1.54, 1.807) is 18.2 Å². The van der Waals surface area contributed by atoms with Crippen LogP contribution in [0.15, 0.2) is 18.2 Å². The van der Waals surface area contributed by atoms with Crippen LogP contribution in [0.25, 0.3) is 0 Å². The molecule has 0 saturated heterocycles. The van der Waals surface area contributed by atoms with Crippen molar-refractivity contribution >= 4 is 24.0 Å². The van der Waals surface area contributed by atoms with E-state index in [-0.39, 0.29) is 6.42 Å². The van der Waals surface area contributed by atoms with Gasteiger partial charge < -0.3 is 15.2 Å². The van der Waals surface area contributed by atoms with Crippen LogP contribution in [0.2, 0.25) is 5.02 Å². The summed E-state index contributed by atoms with van der Waals surface area (Å²) < 4.78 is 5.10. The Hall–Kier alpha value is -1.75. The minimum atomic E-state index is -1.04. The number of carboxylic acid groups (broad SMARTS) is 1. The molecule has 5 nitrogen and oxygen atoms in total. The van der Waals surface area contributed by atoms with Gasteiger partial charge in [-0.25, -0.2) is 0 Å². The lowest BCUT2D eigenvalue weighted by Gasteiger charge is -2.18. The Morgan fingerprint density at radius 1 is 1.65 bits per heavy atom. The first-order chi connectivity index (χ1) is 8.10. The number of benzene rings is 1. The number of hydrogen-bond donors (Lipinski definition) is 2. The van der Waals surface area contributed by atoms with Crippen LogP contribution in [-0.2, 0) is 9.59 Å². The molecule has 1 atom stereocenters. The fourth-order valence-electron chi connectivity index (χ4n) is 1.53. The van der Waals surface area contributed by atoms with Crippen LogP contribution in [0.3, 0.4) is 0 Å². The first kappa shape index (κ1) is 13.3. The minimum Gasteiger partial charge on any atom is -0.496 e. The Morgan fingerprint density at radius 3 is 2.88 bits per heavy atom. The van der Waals surface area contributed by atoms with Gasteiger partial charge in [0, 0.05) is 10.6 Å². The number of nitrogens with one attached hydrogen (secondary N) is 1. The Morgan fingerprint density at radius 2 is 2.35 bits per heavy atom. The Kier molecular flexibility index (Phi) is 4.78. The van der Waals surface area contributed by atoms with Gasteiger partial charge in [-0.2, -0.15) is 0 Å². The standard InChI is InChI=1S/C11H12ClNO4/c1-17-9-4-2-3-7(12)11(9)8(13-6-14)5-10(15)16/h2-4,6,8H,5H2,1H3,(H,13,14)(H,15,16). The number of carbonyl (C=O) groups excluding carboxylic acids is 1. The van der Waals surface area contributed by atoms with E-state index in [1.807, 2.05) is 0 Å². The topological polar surface area (TPSA) is 75.6 Å². The van der Waals surface area contributed by atoms with E-state index in [0.717, 1.165) is 0 Å². The highest BCUT2D eigenvalue weighted by Crippen LogP contribution is 2.33. The van der Waals surface area contributed by atoms with Gasteiger partial charge in [-0.15, -0.1) is 0 Å². The van der Waals surface area contributed by atoms with Crippen LogP contribution in [0.5, 0.6) is 5.75 Å². The van der Waals surface area contributed by atoms with Crippen molar-refractivity contribution in [2.75, 3.05) is 7.11 Å². The highest BCUT2D eigenvalue weighted by Gasteiger charge is 2.21. The molecule has 1 aromatic rings. The van der Waals surface area contributed by atoms with Crippen molar-refractivity contribution in [1.82, 2.24) is 5.32 Å². The highest BCUT2D eigenvalue weighted by molar-refractivity contribution is 6.31. The molecule has 0 aliphatic rings. The van der Waals surface area contributed by atoms with Crippen molar-refractivity contribution in [1.29, 1.82) is 0 Å². The van der Waals surface area contributed by atoms with Gasteiger partial charge >= 0.3 is 5.97 Å². The quantitative estimate of drug-likeness (QED) is 0.759. The van der Waals surface area contributed by atoms with E-state index in [2.05, 4.69) is 5.32 Å². The molecule has 1 amide bonds. The number of carboxylic acids is 1. The third-order valence-corrected chi connectivity index (χ3v) is 2.56. The van der Waals surface area contributed by atoms with Crippen LogP contribution in [-0.4, -0.2) is 24.6 Å². The van der Waals surface area contributed by atoms with Gasteiger partial charge in [-0.05, 0) is 12.1 Å². The number of halogens is 1. The lowest BCUT2D eigenvalue weighted by atomic mass is 10.0. The SMILES string of the molecule is COc1cccc(Cl)c1C(CC(=O)O)NC=O. The highest BCUT2D eigenvalue weighted by atomic mass is 35.5. The average Bonchev–Trinajstić information content (AvgIpc) is 2.27. The van der Waals surface area contributed by atoms with Gasteiger partial charge in [0.25, 0.3) is 0 Å². The first-order valence-electron chi connectivity index (χ1n) is 4.84. The van der Waals surface area contributed by atoms with Crippen molar-refractivity contribution in [3.63, 3.8) is 0 Å². The molecular weight excluding hydrogens is 246 g/mol. The summed E-state index contributed by atoms with van der Waals surface area (Å²) in [6.45, 7) is 0. The molecule has 1 rings (SSSR count). The van der Waals surface area contributed by atoms with Crippen molar-refractivity contribution < 1.29 is 19.4 Å². The second kappa shape index (κ2) is 6.10. The second-order valence-corrected chi connectivity index (χ2v) is 3.70. The Balaban J connectivity index is 3.15. The summed E-state index contributed by atoms with van der Waals surface area (Å²) in [5.74, 6) is -0.593. The summed E-state index contributed by atoms with van der Waals surface area (Å²) in [6.07, 6.45) is 0.176. The van der Waals surface area contributed by atoms with Crippen molar-refractivity contribution in [3.8, 4) is 5.75 Å². The number of ether oxygens (including phenoxy) is 1. The second-order valence-electron chi connectivity index (χ2n) is 3.29. The molecule has 0 spiro atoms. The monoisotopic (exact) mass is 257 g/mol. The molecule has 1 aromatic carbocycles. The van der Waals surface area contributed by atoms with Gasteiger partial charge in [0.2, 0.25) is 6.41 Å². The molecule has 2 N–H and O–H groups in total. The van der Waals surface area contributed by atoms with E-state index in [4.69, 9.17) is 21.4 Å². The zero-order valence-corrected chi connectivity index (χ0v) is 9.90. The van der Waals surface area contributed by atoms with Gasteiger partial charge in [0.05, 0.1) is 19.6 Å². The Bertz CT molecular complexity index is 422. The van der Waals surface area contributed by atoms with Gasteiger partial charge in [0.1, 0.15) is 5.75 Å². The molecule has 0 radical (unpaired) electrons. The lowest BCUT2D eigenvalue weighted by Crippen LogP contribution is -2.23. The molecule has 0 heterocycles. The van der Waals surface area contributed by atoms with Crippen molar-refractivity contribution in [2.45, 2.75) is 12.5 Å². The zero-order chi connectivity index (χ0) is 12.8.